The Morgan fingerprint density at radius 2 is 1.85 bits per heavy atom. The minimum absolute atomic E-state index is 0.0364. The van der Waals surface area contributed by atoms with Gasteiger partial charge in [0.2, 0.25) is 5.91 Å². The highest BCUT2D eigenvalue weighted by molar-refractivity contribution is 5.91. The van der Waals surface area contributed by atoms with E-state index in [4.69, 9.17) is 24.5 Å². The number of carbonyl (C=O) groups is 1. The lowest BCUT2D eigenvalue weighted by Gasteiger charge is -2.24. The van der Waals surface area contributed by atoms with Crippen LogP contribution in [0.1, 0.15) is 36.7 Å². The highest BCUT2D eigenvalue weighted by atomic mass is 16.5. The van der Waals surface area contributed by atoms with E-state index in [0.29, 0.717) is 12.5 Å². The van der Waals surface area contributed by atoms with Crippen LogP contribution in [0.25, 0.3) is 16.7 Å². The van der Waals surface area contributed by atoms with Crippen LogP contribution in [-0.4, -0.2) is 77.6 Å². The van der Waals surface area contributed by atoms with E-state index in [1.807, 2.05) is 40.8 Å². The number of benzene rings is 1. The minimum Gasteiger partial charge on any atom is -0.497 e. The maximum atomic E-state index is 12.4. The van der Waals surface area contributed by atoms with Gasteiger partial charge in [-0.1, -0.05) is 0 Å². The van der Waals surface area contributed by atoms with Gasteiger partial charge < -0.3 is 19.3 Å². The quantitative estimate of drug-likeness (QED) is 0.571. The molecule has 3 heterocycles. The summed E-state index contributed by atoms with van der Waals surface area (Å²) >= 11 is 0. The Morgan fingerprint density at radius 3 is 2.55 bits per heavy atom. The van der Waals surface area contributed by atoms with Gasteiger partial charge >= 0.3 is 0 Å². The molecule has 1 aliphatic carbocycles. The molecule has 1 aliphatic heterocycles. The van der Waals surface area contributed by atoms with E-state index in [9.17, 15) is 4.79 Å². The van der Waals surface area contributed by atoms with Crippen LogP contribution in [-0.2, 0) is 9.53 Å². The molecule has 0 radical (unpaired) electrons. The molecule has 9 nitrogen and oxygen atoms in total. The number of aromatic nitrogens is 4. The summed E-state index contributed by atoms with van der Waals surface area (Å²) in [6.45, 7) is 5.07. The Morgan fingerprint density at radius 1 is 1.06 bits per heavy atom. The first kappa shape index (κ1) is 21.6. The van der Waals surface area contributed by atoms with Crippen LogP contribution in [0.4, 0.5) is 5.82 Å². The molecule has 5 rings (SSSR count). The van der Waals surface area contributed by atoms with Gasteiger partial charge in [0.25, 0.3) is 0 Å². The van der Waals surface area contributed by atoms with Crippen LogP contribution in [0, 0.1) is 6.92 Å². The van der Waals surface area contributed by atoms with E-state index >= 15 is 0 Å². The van der Waals surface area contributed by atoms with Gasteiger partial charge in [-0.25, -0.2) is 14.6 Å². The summed E-state index contributed by atoms with van der Waals surface area (Å²) in [5.74, 6) is 3.08. The first-order chi connectivity index (χ1) is 16.1. The third kappa shape index (κ3) is 4.25. The fourth-order valence-corrected chi connectivity index (χ4v) is 4.43. The Labute approximate surface area is 193 Å². The fourth-order valence-electron chi connectivity index (χ4n) is 4.43. The molecule has 0 atom stereocenters. The van der Waals surface area contributed by atoms with Gasteiger partial charge in [0.05, 0.1) is 23.9 Å². The number of hydrogen-bond donors (Lipinski definition) is 0. The summed E-state index contributed by atoms with van der Waals surface area (Å²) in [6, 6.07) is 7.86. The van der Waals surface area contributed by atoms with Crippen molar-refractivity contribution < 1.29 is 14.3 Å². The van der Waals surface area contributed by atoms with Crippen LogP contribution in [0.5, 0.6) is 5.75 Å². The highest BCUT2D eigenvalue weighted by Gasteiger charge is 2.31. The van der Waals surface area contributed by atoms with Crippen LogP contribution < -0.4 is 9.64 Å². The molecule has 0 spiro atoms. The topological polar surface area (TPSA) is 85.6 Å². The second-order valence-electron chi connectivity index (χ2n) is 8.73. The molecule has 174 valence electrons. The minimum atomic E-state index is 0.0364. The lowest BCUT2D eigenvalue weighted by molar-refractivity contribution is -0.134. The average Bonchev–Trinajstić information content (AvgIpc) is 3.65. The van der Waals surface area contributed by atoms with E-state index in [1.54, 1.807) is 14.2 Å². The van der Waals surface area contributed by atoms with Crippen LogP contribution >= 0.6 is 0 Å². The Bertz CT molecular complexity index is 1160. The molecule has 33 heavy (non-hydrogen) atoms. The number of nitrogens with zero attached hydrogens (tertiary/aromatic N) is 6. The summed E-state index contributed by atoms with van der Waals surface area (Å²) in [5, 5.41) is 5.83. The first-order valence-electron chi connectivity index (χ1n) is 11.5. The fraction of sp³-hybridized carbons (Fsp3) is 0.500. The zero-order chi connectivity index (χ0) is 22.9. The SMILES string of the molecule is COCC(=O)N1CCCN(c2nc(C3CC3)nc3c2c(C)nn3-c2ccc(OC)cc2)CC1. The molecule has 2 aromatic heterocycles. The molecule has 1 saturated carbocycles. The number of methoxy groups -OCH3 is 2. The van der Waals surface area contributed by atoms with Crippen LogP contribution in [0.15, 0.2) is 24.3 Å². The van der Waals surface area contributed by atoms with Crippen molar-refractivity contribution in [2.45, 2.75) is 32.1 Å². The first-order valence-corrected chi connectivity index (χ1v) is 11.5. The molecular formula is C24H30N6O3. The molecule has 9 heteroatoms. The molecule has 3 aromatic rings. The zero-order valence-electron chi connectivity index (χ0n) is 19.5. The Balaban J connectivity index is 1.54. The van der Waals surface area contributed by atoms with Crippen LogP contribution in [0.2, 0.25) is 0 Å². The van der Waals surface area contributed by atoms with Gasteiger partial charge in [-0.2, -0.15) is 5.10 Å². The van der Waals surface area contributed by atoms with Crippen molar-refractivity contribution in [3.63, 3.8) is 0 Å². The van der Waals surface area contributed by atoms with Crippen molar-refractivity contribution in [3.05, 3.63) is 35.8 Å². The van der Waals surface area contributed by atoms with E-state index < -0.39 is 0 Å². The number of amides is 1. The van der Waals surface area contributed by atoms with E-state index in [-0.39, 0.29) is 12.5 Å². The summed E-state index contributed by atoms with van der Waals surface area (Å²) in [6.07, 6.45) is 3.13. The van der Waals surface area contributed by atoms with Crippen molar-refractivity contribution in [2.75, 3.05) is 51.9 Å². The molecule has 1 amide bonds. The van der Waals surface area contributed by atoms with Crippen molar-refractivity contribution in [3.8, 4) is 11.4 Å². The summed E-state index contributed by atoms with van der Waals surface area (Å²) in [4.78, 5) is 26.6. The second-order valence-corrected chi connectivity index (χ2v) is 8.73. The number of rotatable bonds is 6. The van der Waals surface area contributed by atoms with Gasteiger partial charge in [0.1, 0.15) is 24.0 Å². The monoisotopic (exact) mass is 450 g/mol. The Kier molecular flexibility index (Phi) is 5.88. The maximum absolute atomic E-state index is 12.4. The number of hydrogen-bond acceptors (Lipinski definition) is 7. The van der Waals surface area contributed by atoms with Crippen molar-refractivity contribution in [1.82, 2.24) is 24.6 Å². The smallest absolute Gasteiger partial charge is 0.248 e. The van der Waals surface area contributed by atoms with Gasteiger partial charge in [0, 0.05) is 39.2 Å². The molecular weight excluding hydrogens is 420 g/mol. The third-order valence-electron chi connectivity index (χ3n) is 6.38. The predicted octanol–water partition coefficient (Wildman–Crippen LogP) is 2.70. The van der Waals surface area contributed by atoms with E-state index in [1.165, 1.54) is 0 Å². The van der Waals surface area contributed by atoms with Gasteiger partial charge in [0.15, 0.2) is 5.65 Å². The number of fused-ring (bicyclic) bond motifs is 1. The number of carbonyl (C=O) groups excluding carboxylic acids is 1. The van der Waals surface area contributed by atoms with Gasteiger partial charge in [-0.15, -0.1) is 0 Å². The third-order valence-corrected chi connectivity index (χ3v) is 6.38. The molecule has 2 fully saturated rings. The summed E-state index contributed by atoms with van der Waals surface area (Å²) in [5.41, 5.74) is 2.67. The molecule has 0 unspecified atom stereocenters. The summed E-state index contributed by atoms with van der Waals surface area (Å²) < 4.78 is 12.3. The van der Waals surface area contributed by atoms with E-state index in [0.717, 1.165) is 78.7 Å². The van der Waals surface area contributed by atoms with Crippen LogP contribution in [0.3, 0.4) is 0 Å². The molecule has 1 aromatic carbocycles. The maximum Gasteiger partial charge on any atom is 0.248 e. The van der Waals surface area contributed by atoms with Gasteiger partial charge in [-0.05, 0) is 50.5 Å². The standard InChI is InChI=1S/C24H30N6O3/c1-16-21-23(29-12-4-11-28(13-14-29)20(31)15-32-2)25-22(17-5-6-17)26-24(21)30(27-16)18-7-9-19(33-3)10-8-18/h7-10,17H,4-6,11-15H2,1-3H3. The lowest BCUT2D eigenvalue weighted by atomic mass is 10.2. The van der Waals surface area contributed by atoms with Crippen molar-refractivity contribution in [2.24, 2.45) is 0 Å². The predicted molar refractivity (Wildman–Crippen MR) is 125 cm³/mol. The molecule has 0 N–H and O–H groups in total. The number of aryl methyl sites for hydroxylation is 1. The molecule has 0 bridgehead atoms. The van der Waals surface area contributed by atoms with Gasteiger partial charge in [-0.3, -0.25) is 4.79 Å². The normalized spacial score (nSPS) is 16.8. The highest BCUT2D eigenvalue weighted by Crippen LogP contribution is 2.40. The molecule has 2 aliphatic rings. The van der Waals surface area contributed by atoms with E-state index in [2.05, 4.69) is 4.90 Å². The number of ether oxygens (including phenoxy) is 2. The number of anilines is 1. The lowest BCUT2D eigenvalue weighted by Crippen LogP contribution is -2.37. The summed E-state index contributed by atoms with van der Waals surface area (Å²) in [7, 11) is 3.22. The van der Waals surface area contributed by atoms with Crippen molar-refractivity contribution >= 4 is 22.8 Å². The second kappa shape index (κ2) is 8.97. The average molecular weight is 451 g/mol. The molecule has 1 saturated heterocycles. The Hall–Kier alpha value is -3.20. The van der Waals surface area contributed by atoms with Crippen molar-refractivity contribution in [1.29, 1.82) is 0 Å². The zero-order valence-corrected chi connectivity index (χ0v) is 19.5. The largest absolute Gasteiger partial charge is 0.497 e.